The molecule has 0 radical (unpaired) electrons. The first-order chi connectivity index (χ1) is 16.5. The van der Waals surface area contributed by atoms with Crippen LogP contribution in [0.5, 0.6) is 0 Å². The summed E-state index contributed by atoms with van der Waals surface area (Å²) < 4.78 is 0. The van der Waals surface area contributed by atoms with Crippen LogP contribution in [0.1, 0.15) is 20.7 Å². The third-order valence-electron chi connectivity index (χ3n) is 6.01. The van der Waals surface area contributed by atoms with Gasteiger partial charge < -0.3 is 19.8 Å². The summed E-state index contributed by atoms with van der Waals surface area (Å²) in [6, 6.07) is 33.9. The molecule has 0 saturated carbocycles. The van der Waals surface area contributed by atoms with E-state index in [9.17, 15) is 19.8 Å². The first-order valence-electron chi connectivity index (χ1n) is 10.8. The second-order valence-corrected chi connectivity index (χ2v) is 7.95. The van der Waals surface area contributed by atoms with E-state index in [2.05, 4.69) is 0 Å². The van der Waals surface area contributed by atoms with Crippen LogP contribution in [0.2, 0.25) is 0 Å². The Bertz CT molecular complexity index is 1590. The van der Waals surface area contributed by atoms with Crippen LogP contribution in [-0.4, -0.2) is 35.0 Å². The molecule has 164 valence electrons. The molecule has 5 heteroatoms. The molecule has 0 aliphatic heterocycles. The zero-order chi connectivity index (χ0) is 23.7. The first kappa shape index (κ1) is 24.2. The standard InChI is InChI=1S/2C15H10O2.Mg/c2*16-15(17)14-7-3-6-12-11-5-2-1-4-10(11)8-9-13(12)14;/h2*1-9H,(H,16,17);/q;;+2/p-2. The summed E-state index contributed by atoms with van der Waals surface area (Å²) in [7, 11) is 0. The molecule has 0 bridgehead atoms. The van der Waals surface area contributed by atoms with Gasteiger partial charge in [0.05, 0.1) is 11.9 Å². The number of hydrogen-bond donors (Lipinski definition) is 0. The Kier molecular flexibility index (Phi) is 7.01. The van der Waals surface area contributed by atoms with Crippen LogP contribution in [0.25, 0.3) is 43.1 Å². The molecule has 0 amide bonds. The van der Waals surface area contributed by atoms with Gasteiger partial charge in [0.25, 0.3) is 0 Å². The summed E-state index contributed by atoms with van der Waals surface area (Å²) in [5.74, 6) is -2.27. The van der Waals surface area contributed by atoms with Gasteiger partial charge in [-0.1, -0.05) is 109 Å². The molecule has 4 nitrogen and oxygen atoms in total. The van der Waals surface area contributed by atoms with Crippen molar-refractivity contribution in [1.82, 2.24) is 0 Å². The van der Waals surface area contributed by atoms with Crippen LogP contribution in [0.3, 0.4) is 0 Å². The molecule has 0 aromatic heterocycles. The van der Waals surface area contributed by atoms with Crippen molar-refractivity contribution in [3.05, 3.63) is 120 Å². The molecule has 35 heavy (non-hydrogen) atoms. The smallest absolute Gasteiger partial charge is 0.545 e. The Balaban J connectivity index is 0.000000160. The van der Waals surface area contributed by atoms with Crippen LogP contribution in [0.15, 0.2) is 109 Å². The molecule has 0 aliphatic carbocycles. The number of rotatable bonds is 2. The third kappa shape index (κ3) is 4.56. The molecule has 6 aromatic carbocycles. The predicted octanol–water partition coefficient (Wildman–Crippen LogP) is 4.33. The van der Waals surface area contributed by atoms with Gasteiger partial charge in [-0.25, -0.2) is 0 Å². The Morgan fingerprint density at radius 1 is 0.400 bits per heavy atom. The maximum absolute atomic E-state index is 11.0. The second kappa shape index (κ2) is 10.1. The van der Waals surface area contributed by atoms with Crippen molar-refractivity contribution >= 4 is 78.1 Å². The Hall–Kier alpha value is -3.93. The Morgan fingerprint density at radius 3 is 1.17 bits per heavy atom. The quantitative estimate of drug-likeness (QED) is 0.281. The van der Waals surface area contributed by atoms with E-state index in [4.69, 9.17) is 0 Å². The van der Waals surface area contributed by atoms with E-state index in [1.165, 1.54) is 0 Å². The fourth-order valence-corrected chi connectivity index (χ4v) is 4.44. The SMILES string of the molecule is O=C([O-])c1cccc2c1ccc1ccccc12.O=C([O-])c1cccc2c1ccc1ccccc12.[Mg+2]. The van der Waals surface area contributed by atoms with Gasteiger partial charge in [0.1, 0.15) is 0 Å². The summed E-state index contributed by atoms with van der Waals surface area (Å²) in [5.41, 5.74) is 0.488. The number of fused-ring (bicyclic) bond motifs is 6. The van der Waals surface area contributed by atoms with Gasteiger partial charge in [-0.15, -0.1) is 0 Å². The molecular weight excluding hydrogens is 449 g/mol. The van der Waals surface area contributed by atoms with E-state index in [1.54, 1.807) is 24.3 Å². The summed E-state index contributed by atoms with van der Waals surface area (Å²) >= 11 is 0. The normalized spacial score (nSPS) is 10.5. The van der Waals surface area contributed by atoms with Crippen molar-refractivity contribution in [1.29, 1.82) is 0 Å². The monoisotopic (exact) mass is 466 g/mol. The number of carboxylic acids is 2. The molecular formula is C30H18MgO4. The van der Waals surface area contributed by atoms with Crippen LogP contribution in [-0.2, 0) is 0 Å². The van der Waals surface area contributed by atoms with Crippen molar-refractivity contribution in [2.45, 2.75) is 0 Å². The maximum atomic E-state index is 11.0. The molecule has 0 saturated heterocycles. The van der Waals surface area contributed by atoms with Crippen molar-refractivity contribution < 1.29 is 19.8 Å². The topological polar surface area (TPSA) is 80.3 Å². The minimum absolute atomic E-state index is 0. The molecule has 0 N–H and O–H groups in total. The molecule has 0 spiro atoms. The van der Waals surface area contributed by atoms with E-state index in [0.29, 0.717) is 0 Å². The first-order valence-corrected chi connectivity index (χ1v) is 10.8. The van der Waals surface area contributed by atoms with Crippen LogP contribution >= 0.6 is 0 Å². The van der Waals surface area contributed by atoms with Crippen LogP contribution < -0.4 is 10.2 Å². The van der Waals surface area contributed by atoms with E-state index >= 15 is 0 Å². The Morgan fingerprint density at radius 2 is 0.771 bits per heavy atom. The Labute approximate surface area is 217 Å². The van der Waals surface area contributed by atoms with Gasteiger partial charge in [-0.2, -0.15) is 0 Å². The van der Waals surface area contributed by atoms with Gasteiger partial charge >= 0.3 is 23.1 Å². The molecule has 0 atom stereocenters. The number of carboxylic acid groups (broad SMARTS) is 2. The maximum Gasteiger partial charge on any atom is 2.00 e. The third-order valence-corrected chi connectivity index (χ3v) is 6.01. The van der Waals surface area contributed by atoms with Crippen LogP contribution in [0, 0.1) is 0 Å². The number of benzene rings is 6. The van der Waals surface area contributed by atoms with Gasteiger partial charge in [-0.05, 0) is 43.1 Å². The van der Waals surface area contributed by atoms with E-state index in [-0.39, 0.29) is 34.2 Å². The van der Waals surface area contributed by atoms with Crippen molar-refractivity contribution in [2.75, 3.05) is 0 Å². The van der Waals surface area contributed by atoms with E-state index in [0.717, 1.165) is 43.1 Å². The molecule has 0 heterocycles. The van der Waals surface area contributed by atoms with E-state index in [1.807, 2.05) is 84.9 Å². The van der Waals surface area contributed by atoms with E-state index < -0.39 is 11.9 Å². The minimum atomic E-state index is -1.13. The van der Waals surface area contributed by atoms with Crippen molar-refractivity contribution in [2.24, 2.45) is 0 Å². The number of carbonyl (C=O) groups is 2. The number of aromatic carboxylic acids is 2. The van der Waals surface area contributed by atoms with Gasteiger partial charge in [0, 0.05) is 11.1 Å². The largest absolute Gasteiger partial charge is 2.00 e. The molecule has 0 unspecified atom stereocenters. The summed E-state index contributed by atoms with van der Waals surface area (Å²) in [5, 5.41) is 29.8. The fraction of sp³-hybridized carbons (Fsp3) is 0. The molecule has 6 aromatic rings. The summed E-state index contributed by atoms with van der Waals surface area (Å²) in [4.78, 5) is 22.1. The average molecular weight is 467 g/mol. The fourth-order valence-electron chi connectivity index (χ4n) is 4.44. The van der Waals surface area contributed by atoms with Gasteiger partial charge in [-0.3, -0.25) is 0 Å². The minimum Gasteiger partial charge on any atom is -0.545 e. The van der Waals surface area contributed by atoms with Gasteiger partial charge in [0.2, 0.25) is 0 Å². The molecule has 0 fully saturated rings. The average Bonchev–Trinajstić information content (AvgIpc) is 2.88. The zero-order valence-corrected chi connectivity index (χ0v) is 20.1. The van der Waals surface area contributed by atoms with Crippen molar-refractivity contribution in [3.8, 4) is 0 Å². The number of hydrogen-bond acceptors (Lipinski definition) is 4. The van der Waals surface area contributed by atoms with Crippen LogP contribution in [0.4, 0.5) is 0 Å². The molecule has 6 rings (SSSR count). The van der Waals surface area contributed by atoms with Gasteiger partial charge in [0.15, 0.2) is 0 Å². The molecule has 0 aliphatic rings. The predicted molar refractivity (Wildman–Crippen MR) is 137 cm³/mol. The second-order valence-electron chi connectivity index (χ2n) is 7.95. The number of carbonyl (C=O) groups excluding carboxylic acids is 2. The zero-order valence-electron chi connectivity index (χ0n) is 18.7. The summed E-state index contributed by atoms with van der Waals surface area (Å²) in [6.45, 7) is 0. The van der Waals surface area contributed by atoms with Crippen molar-refractivity contribution in [3.63, 3.8) is 0 Å². The summed E-state index contributed by atoms with van der Waals surface area (Å²) in [6.07, 6.45) is 0.